The van der Waals surface area contributed by atoms with Crippen LogP contribution in [0.15, 0.2) is 17.1 Å². The summed E-state index contributed by atoms with van der Waals surface area (Å²) in [6.07, 6.45) is 0. The number of carbonyl (C=O) groups excluding carboxylic acids is 2. The standard InChI is InChI=1S/C12H14N2O4/c1-7(15)18-11-5-8(12(16)14-3)9(13-2)6-10(11)17-4/h5-6,13H,3H2,1-2,4H3. The molecule has 0 saturated heterocycles. The number of benzene rings is 1. The molecule has 0 aliphatic rings. The van der Waals surface area contributed by atoms with Gasteiger partial charge >= 0.3 is 5.97 Å². The molecule has 1 rings (SSSR count). The van der Waals surface area contributed by atoms with Crippen molar-refractivity contribution in [2.75, 3.05) is 19.5 Å². The Kier molecular flexibility index (Phi) is 4.42. The van der Waals surface area contributed by atoms with Crippen molar-refractivity contribution in [3.63, 3.8) is 0 Å². The molecule has 1 aromatic carbocycles. The Morgan fingerprint density at radius 1 is 1.33 bits per heavy atom. The number of amides is 1. The second kappa shape index (κ2) is 5.81. The third kappa shape index (κ3) is 2.85. The molecule has 1 aromatic rings. The maximum absolute atomic E-state index is 11.6. The quantitative estimate of drug-likeness (QED) is 0.498. The third-order valence-electron chi connectivity index (χ3n) is 2.20. The Bertz CT molecular complexity index is 497. The molecule has 0 aromatic heterocycles. The molecule has 6 nitrogen and oxygen atoms in total. The Morgan fingerprint density at radius 2 is 2.00 bits per heavy atom. The van der Waals surface area contributed by atoms with E-state index in [0.29, 0.717) is 11.4 Å². The van der Waals surface area contributed by atoms with Gasteiger partial charge in [0.05, 0.1) is 18.4 Å². The summed E-state index contributed by atoms with van der Waals surface area (Å²) in [4.78, 5) is 25.9. The van der Waals surface area contributed by atoms with Crippen molar-refractivity contribution in [2.24, 2.45) is 4.99 Å². The van der Waals surface area contributed by atoms with Crippen LogP contribution in [-0.4, -0.2) is 32.8 Å². The van der Waals surface area contributed by atoms with Crippen molar-refractivity contribution in [1.82, 2.24) is 0 Å². The molecule has 0 atom stereocenters. The minimum absolute atomic E-state index is 0.163. The molecular formula is C12H14N2O4. The number of hydrogen-bond donors (Lipinski definition) is 1. The Morgan fingerprint density at radius 3 is 2.44 bits per heavy atom. The maximum Gasteiger partial charge on any atom is 0.308 e. The van der Waals surface area contributed by atoms with Crippen LogP contribution in [0.3, 0.4) is 0 Å². The first-order chi connectivity index (χ1) is 8.53. The Labute approximate surface area is 105 Å². The fourth-order valence-electron chi connectivity index (χ4n) is 1.42. The van der Waals surface area contributed by atoms with E-state index in [1.807, 2.05) is 0 Å². The van der Waals surface area contributed by atoms with Crippen LogP contribution in [0.25, 0.3) is 0 Å². The molecule has 0 heterocycles. The van der Waals surface area contributed by atoms with Crippen LogP contribution >= 0.6 is 0 Å². The number of rotatable bonds is 4. The lowest BCUT2D eigenvalue weighted by molar-refractivity contribution is -0.132. The van der Waals surface area contributed by atoms with E-state index < -0.39 is 11.9 Å². The van der Waals surface area contributed by atoms with Crippen molar-refractivity contribution in [2.45, 2.75) is 6.92 Å². The van der Waals surface area contributed by atoms with E-state index in [9.17, 15) is 9.59 Å². The molecule has 18 heavy (non-hydrogen) atoms. The zero-order valence-electron chi connectivity index (χ0n) is 10.4. The van der Waals surface area contributed by atoms with E-state index >= 15 is 0 Å². The average molecular weight is 250 g/mol. The van der Waals surface area contributed by atoms with E-state index in [-0.39, 0.29) is 11.3 Å². The number of ether oxygens (including phenoxy) is 2. The molecule has 0 aliphatic carbocycles. The number of aliphatic imine (C=N–C) groups is 1. The van der Waals surface area contributed by atoms with Crippen LogP contribution < -0.4 is 14.8 Å². The monoisotopic (exact) mass is 250 g/mol. The van der Waals surface area contributed by atoms with Gasteiger partial charge in [-0.3, -0.25) is 9.59 Å². The van der Waals surface area contributed by atoms with Gasteiger partial charge in [-0.25, -0.2) is 4.99 Å². The molecule has 0 fully saturated rings. The minimum atomic E-state index is -0.518. The highest BCUT2D eigenvalue weighted by atomic mass is 16.6. The first-order valence-corrected chi connectivity index (χ1v) is 5.12. The molecule has 1 N–H and O–H groups in total. The second-order valence-electron chi connectivity index (χ2n) is 3.36. The number of hydrogen-bond acceptors (Lipinski definition) is 5. The lowest BCUT2D eigenvalue weighted by atomic mass is 10.1. The molecule has 0 radical (unpaired) electrons. The highest BCUT2D eigenvalue weighted by molar-refractivity contribution is 6.02. The van der Waals surface area contributed by atoms with E-state index in [2.05, 4.69) is 17.0 Å². The summed E-state index contributed by atoms with van der Waals surface area (Å²) < 4.78 is 10.0. The number of nitrogens with zero attached hydrogens (tertiary/aromatic N) is 1. The van der Waals surface area contributed by atoms with Crippen molar-refractivity contribution in [3.8, 4) is 11.5 Å². The van der Waals surface area contributed by atoms with Gasteiger partial charge in [0.2, 0.25) is 0 Å². The summed E-state index contributed by atoms with van der Waals surface area (Å²) in [7, 11) is 3.09. The van der Waals surface area contributed by atoms with Gasteiger partial charge in [0.15, 0.2) is 11.5 Å². The summed E-state index contributed by atoms with van der Waals surface area (Å²) in [5.74, 6) is -0.517. The summed E-state index contributed by atoms with van der Waals surface area (Å²) in [6.45, 7) is 4.44. The third-order valence-corrected chi connectivity index (χ3v) is 2.20. The van der Waals surface area contributed by atoms with Crippen molar-refractivity contribution in [1.29, 1.82) is 0 Å². The molecule has 96 valence electrons. The van der Waals surface area contributed by atoms with Crippen LogP contribution in [0, 0.1) is 0 Å². The van der Waals surface area contributed by atoms with Crippen molar-refractivity contribution < 1.29 is 19.1 Å². The van der Waals surface area contributed by atoms with E-state index in [0.717, 1.165) is 0 Å². The van der Waals surface area contributed by atoms with Crippen molar-refractivity contribution in [3.05, 3.63) is 17.7 Å². The zero-order valence-corrected chi connectivity index (χ0v) is 10.4. The number of nitrogens with one attached hydrogen (secondary N) is 1. The smallest absolute Gasteiger partial charge is 0.308 e. The summed E-state index contributed by atoms with van der Waals surface area (Å²) >= 11 is 0. The fourth-order valence-corrected chi connectivity index (χ4v) is 1.42. The molecule has 0 spiro atoms. The first-order valence-electron chi connectivity index (χ1n) is 5.12. The number of anilines is 1. The predicted molar refractivity (Wildman–Crippen MR) is 67.7 cm³/mol. The van der Waals surface area contributed by atoms with Gasteiger partial charge in [-0.15, -0.1) is 0 Å². The second-order valence-corrected chi connectivity index (χ2v) is 3.36. The van der Waals surface area contributed by atoms with Gasteiger partial charge in [-0.2, -0.15) is 0 Å². The molecule has 0 aliphatic heterocycles. The first kappa shape index (κ1) is 13.7. The highest BCUT2D eigenvalue weighted by Crippen LogP contribution is 2.33. The van der Waals surface area contributed by atoms with Crippen LogP contribution in [0.5, 0.6) is 11.5 Å². The van der Waals surface area contributed by atoms with Crippen molar-refractivity contribution >= 4 is 24.3 Å². The van der Waals surface area contributed by atoms with Gasteiger partial charge in [-0.1, -0.05) is 0 Å². The van der Waals surface area contributed by atoms with Gasteiger partial charge < -0.3 is 14.8 Å². The summed E-state index contributed by atoms with van der Waals surface area (Å²) in [5.41, 5.74) is 0.768. The molecule has 6 heteroatoms. The maximum atomic E-state index is 11.6. The topological polar surface area (TPSA) is 77.0 Å². The van der Waals surface area contributed by atoms with Crippen LogP contribution in [0.1, 0.15) is 17.3 Å². The molecule has 0 unspecified atom stereocenters. The molecular weight excluding hydrogens is 236 g/mol. The van der Waals surface area contributed by atoms with Crippen LogP contribution in [0.2, 0.25) is 0 Å². The normalized spacial score (nSPS) is 9.50. The van der Waals surface area contributed by atoms with E-state index in [1.54, 1.807) is 13.1 Å². The van der Waals surface area contributed by atoms with Gasteiger partial charge in [0.1, 0.15) is 0 Å². The SMILES string of the molecule is C=NC(=O)c1cc(OC(C)=O)c(OC)cc1NC. The predicted octanol–water partition coefficient (Wildman–Crippen LogP) is 1.50. The summed E-state index contributed by atoms with van der Waals surface area (Å²) in [6, 6.07) is 2.94. The van der Waals surface area contributed by atoms with Gasteiger partial charge in [0, 0.05) is 20.0 Å². The minimum Gasteiger partial charge on any atom is -0.493 e. The van der Waals surface area contributed by atoms with Crippen LogP contribution in [-0.2, 0) is 4.79 Å². The number of esters is 1. The number of carbonyl (C=O) groups is 2. The van der Waals surface area contributed by atoms with Gasteiger partial charge in [-0.05, 0) is 12.8 Å². The lowest BCUT2D eigenvalue weighted by Crippen LogP contribution is -2.07. The largest absolute Gasteiger partial charge is 0.493 e. The molecule has 0 bridgehead atoms. The zero-order chi connectivity index (χ0) is 13.7. The average Bonchev–Trinajstić information content (AvgIpc) is 2.36. The number of methoxy groups -OCH3 is 1. The highest BCUT2D eigenvalue weighted by Gasteiger charge is 2.16. The van der Waals surface area contributed by atoms with E-state index in [4.69, 9.17) is 9.47 Å². The Balaban J connectivity index is 3.37. The lowest BCUT2D eigenvalue weighted by Gasteiger charge is -2.12. The molecule has 1 amide bonds. The van der Waals surface area contributed by atoms with Crippen LogP contribution in [0.4, 0.5) is 5.69 Å². The summed E-state index contributed by atoms with van der Waals surface area (Å²) in [5, 5.41) is 2.84. The van der Waals surface area contributed by atoms with Gasteiger partial charge in [0.25, 0.3) is 5.91 Å². The molecule has 0 saturated carbocycles. The Hall–Kier alpha value is -2.37. The van der Waals surface area contributed by atoms with E-state index in [1.165, 1.54) is 20.1 Å². The fraction of sp³-hybridized carbons (Fsp3) is 0.250.